The molecule has 0 aromatic heterocycles. The highest BCUT2D eigenvalue weighted by atomic mass is 19.4. The van der Waals surface area contributed by atoms with Gasteiger partial charge in [-0.25, -0.2) is 0 Å². The van der Waals surface area contributed by atoms with E-state index in [1.807, 2.05) is 0 Å². The Morgan fingerprint density at radius 1 is 1.03 bits per heavy atom. The molecule has 0 saturated carbocycles. The number of amides is 1. The lowest BCUT2D eigenvalue weighted by Gasteiger charge is -2.44. The van der Waals surface area contributed by atoms with Gasteiger partial charge in [-0.05, 0) is 0 Å². The van der Waals surface area contributed by atoms with E-state index in [0.717, 1.165) is 20.8 Å². The number of carbonyl (C=O) groups excluding carboxylic acids is 4. The Labute approximate surface area is 169 Å². The largest absolute Gasteiger partial charge is 0.471 e. The van der Waals surface area contributed by atoms with Crippen molar-refractivity contribution in [1.82, 2.24) is 5.32 Å². The number of esters is 3. The lowest BCUT2D eigenvalue weighted by molar-refractivity contribution is -0.276. The minimum Gasteiger partial charge on any atom is -0.463 e. The van der Waals surface area contributed by atoms with E-state index >= 15 is 0 Å². The smallest absolute Gasteiger partial charge is 0.463 e. The third-order valence-electron chi connectivity index (χ3n) is 3.63. The zero-order valence-electron chi connectivity index (χ0n) is 16.4. The predicted molar refractivity (Wildman–Crippen MR) is 90.5 cm³/mol. The first kappa shape index (κ1) is 25.4. The monoisotopic (exact) mass is 441 g/mol. The lowest BCUT2D eigenvalue weighted by atomic mass is 9.96. The predicted octanol–water partition coefficient (Wildman–Crippen LogP) is 0.387. The maximum Gasteiger partial charge on any atom is 0.471 e. The van der Waals surface area contributed by atoms with Crippen LogP contribution in [-0.2, 0) is 42.9 Å². The summed E-state index contributed by atoms with van der Waals surface area (Å²) in [6, 6.07) is -1.72. The highest BCUT2D eigenvalue weighted by molar-refractivity contribution is 5.82. The molecule has 0 aromatic rings. The Kier molecular flexibility index (Phi) is 9.23. The number of carbonyl (C=O) groups is 4. The van der Waals surface area contributed by atoms with Gasteiger partial charge < -0.3 is 29.0 Å². The first-order chi connectivity index (χ1) is 13.9. The molecule has 13 heteroatoms. The minimum atomic E-state index is -5.27. The van der Waals surface area contributed by atoms with Gasteiger partial charge in [0.25, 0.3) is 0 Å². The first-order valence-corrected chi connectivity index (χ1v) is 8.60. The number of alkyl halides is 3. The summed E-state index contributed by atoms with van der Waals surface area (Å²) in [5, 5.41) is 1.64. The SMILES string of the molecule is C=CCO[C@H]1O[C@H](COC(C)=O)[C@H](OC(C)=O)[C@H](OC(C)=O)[C@H]1NC(=O)C(F)(F)F. The molecule has 1 amide bonds. The van der Waals surface area contributed by atoms with Crippen LogP contribution in [0.1, 0.15) is 20.8 Å². The molecule has 1 heterocycles. The molecule has 170 valence electrons. The Hall–Kier alpha value is -2.67. The summed E-state index contributed by atoms with van der Waals surface area (Å²) in [6.07, 6.45) is -10.1. The molecule has 0 unspecified atom stereocenters. The fourth-order valence-corrected chi connectivity index (χ4v) is 2.59. The van der Waals surface area contributed by atoms with Crippen LogP contribution in [0.3, 0.4) is 0 Å². The van der Waals surface area contributed by atoms with Crippen molar-refractivity contribution in [3.05, 3.63) is 12.7 Å². The number of nitrogens with one attached hydrogen (secondary N) is 1. The van der Waals surface area contributed by atoms with Gasteiger partial charge in [0.05, 0.1) is 6.61 Å². The van der Waals surface area contributed by atoms with Gasteiger partial charge in [0.2, 0.25) is 0 Å². The zero-order valence-corrected chi connectivity index (χ0v) is 16.4. The average Bonchev–Trinajstić information content (AvgIpc) is 2.60. The van der Waals surface area contributed by atoms with Gasteiger partial charge in [0.15, 0.2) is 18.5 Å². The van der Waals surface area contributed by atoms with Crippen molar-refractivity contribution in [2.24, 2.45) is 0 Å². The quantitative estimate of drug-likeness (QED) is 0.323. The van der Waals surface area contributed by atoms with Gasteiger partial charge in [-0.2, -0.15) is 13.2 Å². The minimum absolute atomic E-state index is 0.214. The molecular weight excluding hydrogens is 419 g/mol. The summed E-state index contributed by atoms with van der Waals surface area (Å²) in [6.45, 7) is 5.73. The summed E-state index contributed by atoms with van der Waals surface area (Å²) in [5.74, 6) is -4.92. The highest BCUT2D eigenvalue weighted by Crippen LogP contribution is 2.29. The summed E-state index contributed by atoms with van der Waals surface area (Å²) < 4.78 is 64.1. The van der Waals surface area contributed by atoms with Gasteiger partial charge in [0.1, 0.15) is 18.8 Å². The Morgan fingerprint density at radius 3 is 2.07 bits per heavy atom. The van der Waals surface area contributed by atoms with E-state index in [1.54, 1.807) is 5.32 Å². The molecule has 0 bridgehead atoms. The molecule has 1 N–H and O–H groups in total. The molecule has 0 spiro atoms. The van der Waals surface area contributed by atoms with Crippen molar-refractivity contribution in [3.8, 4) is 0 Å². The van der Waals surface area contributed by atoms with E-state index in [2.05, 4.69) is 6.58 Å². The van der Waals surface area contributed by atoms with E-state index in [1.165, 1.54) is 6.08 Å². The Morgan fingerprint density at radius 2 is 1.60 bits per heavy atom. The molecule has 1 aliphatic heterocycles. The number of hydrogen-bond acceptors (Lipinski definition) is 9. The Bertz CT molecular complexity index is 667. The fourth-order valence-electron chi connectivity index (χ4n) is 2.59. The van der Waals surface area contributed by atoms with E-state index < -0.39 is 67.2 Å². The first-order valence-electron chi connectivity index (χ1n) is 8.60. The molecule has 1 rings (SSSR count). The van der Waals surface area contributed by atoms with Gasteiger partial charge in [-0.3, -0.25) is 19.2 Å². The van der Waals surface area contributed by atoms with Gasteiger partial charge in [-0.1, -0.05) is 6.08 Å². The third-order valence-corrected chi connectivity index (χ3v) is 3.63. The highest BCUT2D eigenvalue weighted by Gasteiger charge is 2.53. The molecule has 0 radical (unpaired) electrons. The van der Waals surface area contributed by atoms with Crippen LogP contribution in [0, 0.1) is 0 Å². The standard InChI is InChI=1S/C17H22F3NO9/c1-5-6-26-15-12(21-16(25)17(18,19)20)14(29-10(4)24)13(28-9(3)23)11(30-15)7-27-8(2)22/h5,11-15H,1,6-7H2,2-4H3,(H,21,25)/t11-,12-,13+,14-,15+/m1/s1. The Balaban J connectivity index is 3.35. The molecule has 1 aliphatic rings. The average molecular weight is 441 g/mol. The van der Waals surface area contributed by atoms with Crippen molar-refractivity contribution in [2.75, 3.05) is 13.2 Å². The van der Waals surface area contributed by atoms with Crippen LogP contribution in [0.2, 0.25) is 0 Å². The molecule has 1 fully saturated rings. The second-order valence-electron chi connectivity index (χ2n) is 6.11. The second-order valence-corrected chi connectivity index (χ2v) is 6.11. The van der Waals surface area contributed by atoms with Crippen LogP contribution in [-0.4, -0.2) is 73.8 Å². The maximum absolute atomic E-state index is 12.8. The molecule has 0 aliphatic carbocycles. The summed E-state index contributed by atoms with van der Waals surface area (Å²) >= 11 is 0. The fraction of sp³-hybridized carbons (Fsp3) is 0.647. The van der Waals surface area contributed by atoms with E-state index in [0.29, 0.717) is 0 Å². The number of hydrogen-bond donors (Lipinski definition) is 1. The van der Waals surface area contributed by atoms with Crippen LogP contribution < -0.4 is 5.32 Å². The van der Waals surface area contributed by atoms with Crippen molar-refractivity contribution in [2.45, 2.75) is 57.6 Å². The lowest BCUT2D eigenvalue weighted by Crippen LogP contribution is -2.67. The van der Waals surface area contributed by atoms with E-state index in [4.69, 9.17) is 23.7 Å². The van der Waals surface area contributed by atoms with Crippen LogP contribution >= 0.6 is 0 Å². The number of halogens is 3. The van der Waals surface area contributed by atoms with Crippen molar-refractivity contribution in [1.29, 1.82) is 0 Å². The van der Waals surface area contributed by atoms with E-state index in [9.17, 15) is 32.3 Å². The van der Waals surface area contributed by atoms with Crippen LogP contribution in [0.15, 0.2) is 12.7 Å². The van der Waals surface area contributed by atoms with Gasteiger partial charge >= 0.3 is 30.0 Å². The number of rotatable bonds is 8. The van der Waals surface area contributed by atoms with Crippen molar-refractivity contribution in [3.63, 3.8) is 0 Å². The second kappa shape index (κ2) is 10.9. The maximum atomic E-state index is 12.8. The molecule has 5 atom stereocenters. The summed E-state index contributed by atoms with van der Waals surface area (Å²) in [5.41, 5.74) is 0. The zero-order chi connectivity index (χ0) is 23.1. The number of ether oxygens (including phenoxy) is 5. The van der Waals surface area contributed by atoms with Crippen molar-refractivity contribution < 1.29 is 56.0 Å². The summed E-state index contributed by atoms with van der Waals surface area (Å²) in [4.78, 5) is 45.8. The molecule has 0 aromatic carbocycles. The van der Waals surface area contributed by atoms with E-state index in [-0.39, 0.29) is 6.61 Å². The topological polar surface area (TPSA) is 126 Å². The van der Waals surface area contributed by atoms with Gasteiger partial charge in [-0.15, -0.1) is 6.58 Å². The molecule has 1 saturated heterocycles. The molecular formula is C17H22F3NO9. The van der Waals surface area contributed by atoms with Crippen LogP contribution in [0.5, 0.6) is 0 Å². The molecule has 10 nitrogen and oxygen atoms in total. The van der Waals surface area contributed by atoms with Crippen LogP contribution in [0.25, 0.3) is 0 Å². The summed E-state index contributed by atoms with van der Waals surface area (Å²) in [7, 11) is 0. The normalized spacial score (nSPS) is 26.3. The van der Waals surface area contributed by atoms with Crippen LogP contribution in [0.4, 0.5) is 13.2 Å². The van der Waals surface area contributed by atoms with Gasteiger partial charge in [0, 0.05) is 20.8 Å². The van der Waals surface area contributed by atoms with Crippen molar-refractivity contribution >= 4 is 23.8 Å². The molecule has 30 heavy (non-hydrogen) atoms. The third kappa shape index (κ3) is 7.63.